The van der Waals surface area contributed by atoms with E-state index in [4.69, 9.17) is 0 Å². The van der Waals surface area contributed by atoms with Gasteiger partial charge in [0.25, 0.3) is 0 Å². The van der Waals surface area contributed by atoms with E-state index in [1.54, 1.807) is 0 Å². The molecule has 1 aromatic rings. The van der Waals surface area contributed by atoms with Gasteiger partial charge in [0.2, 0.25) is 0 Å². The Balaban J connectivity index is 2.33. The molecule has 0 aromatic carbocycles. The number of aromatic nitrogens is 1. The highest BCUT2D eigenvalue weighted by atomic mass is 14.7. The molecule has 0 spiro atoms. The summed E-state index contributed by atoms with van der Waals surface area (Å²) in [6, 6.07) is 2.28. The van der Waals surface area contributed by atoms with E-state index in [-0.39, 0.29) is 0 Å². The maximum Gasteiger partial charge on any atom is 0.0437 e. The summed E-state index contributed by atoms with van der Waals surface area (Å²) >= 11 is 0. The first-order chi connectivity index (χ1) is 5.81. The van der Waals surface area contributed by atoms with Crippen LogP contribution >= 0.6 is 0 Å². The lowest BCUT2D eigenvalue weighted by atomic mass is 10.1. The van der Waals surface area contributed by atoms with Crippen LogP contribution < -0.4 is 0 Å². The zero-order valence-corrected chi connectivity index (χ0v) is 7.80. The van der Waals surface area contributed by atoms with Gasteiger partial charge in [-0.3, -0.25) is 4.98 Å². The van der Waals surface area contributed by atoms with Gasteiger partial charge in [0.1, 0.15) is 0 Å². The third-order valence-corrected chi connectivity index (χ3v) is 2.61. The summed E-state index contributed by atoms with van der Waals surface area (Å²) < 4.78 is 0. The molecule has 2 rings (SSSR count). The van der Waals surface area contributed by atoms with Crippen molar-refractivity contribution >= 4 is 0 Å². The van der Waals surface area contributed by atoms with Crippen LogP contribution in [-0.2, 0) is 6.42 Å². The summed E-state index contributed by atoms with van der Waals surface area (Å²) in [5, 5.41) is 0. The smallest absolute Gasteiger partial charge is 0.0437 e. The minimum Gasteiger partial charge on any atom is -0.261 e. The van der Waals surface area contributed by atoms with Crippen molar-refractivity contribution in [3.8, 4) is 0 Å². The Hall–Kier alpha value is -0.850. The topological polar surface area (TPSA) is 12.9 Å². The van der Waals surface area contributed by atoms with Gasteiger partial charge < -0.3 is 0 Å². The first-order valence-electron chi connectivity index (χ1n) is 4.76. The second-order valence-corrected chi connectivity index (χ2v) is 3.66. The maximum atomic E-state index is 4.45. The SMILES string of the molecule is CCc1cc(C2CC2)ncc1C. The highest BCUT2D eigenvalue weighted by molar-refractivity contribution is 5.28. The molecule has 1 heterocycles. The minimum absolute atomic E-state index is 0.788. The van der Waals surface area contributed by atoms with Crippen molar-refractivity contribution in [3.63, 3.8) is 0 Å². The molecule has 1 heteroatoms. The summed E-state index contributed by atoms with van der Waals surface area (Å²) in [5.41, 5.74) is 4.12. The minimum atomic E-state index is 0.788. The molecule has 0 aliphatic heterocycles. The van der Waals surface area contributed by atoms with Crippen molar-refractivity contribution in [2.45, 2.75) is 39.0 Å². The van der Waals surface area contributed by atoms with Crippen LogP contribution in [0.2, 0.25) is 0 Å². The highest BCUT2D eigenvalue weighted by Gasteiger charge is 2.24. The van der Waals surface area contributed by atoms with Gasteiger partial charge in [-0.15, -0.1) is 0 Å². The van der Waals surface area contributed by atoms with Crippen molar-refractivity contribution in [2.75, 3.05) is 0 Å². The van der Waals surface area contributed by atoms with E-state index in [9.17, 15) is 0 Å². The number of rotatable bonds is 2. The molecule has 0 atom stereocenters. The fourth-order valence-electron chi connectivity index (χ4n) is 1.57. The first-order valence-corrected chi connectivity index (χ1v) is 4.76. The Morgan fingerprint density at radius 3 is 2.83 bits per heavy atom. The largest absolute Gasteiger partial charge is 0.261 e. The van der Waals surface area contributed by atoms with Crippen LogP contribution in [-0.4, -0.2) is 4.98 Å². The third kappa shape index (κ3) is 1.36. The van der Waals surface area contributed by atoms with Gasteiger partial charge in [0, 0.05) is 17.8 Å². The van der Waals surface area contributed by atoms with Gasteiger partial charge in [-0.25, -0.2) is 0 Å². The van der Waals surface area contributed by atoms with Gasteiger partial charge in [-0.2, -0.15) is 0 Å². The Morgan fingerprint density at radius 2 is 2.25 bits per heavy atom. The number of hydrogen-bond donors (Lipinski definition) is 0. The van der Waals surface area contributed by atoms with Gasteiger partial charge >= 0.3 is 0 Å². The maximum absolute atomic E-state index is 4.45. The van der Waals surface area contributed by atoms with Crippen LogP contribution in [0.5, 0.6) is 0 Å². The van der Waals surface area contributed by atoms with Crippen molar-refractivity contribution < 1.29 is 0 Å². The highest BCUT2D eigenvalue weighted by Crippen LogP contribution is 2.39. The van der Waals surface area contributed by atoms with Gasteiger partial charge in [0.15, 0.2) is 0 Å². The fourth-order valence-corrected chi connectivity index (χ4v) is 1.57. The van der Waals surface area contributed by atoms with Gasteiger partial charge in [0.05, 0.1) is 0 Å². The van der Waals surface area contributed by atoms with Crippen LogP contribution in [0.1, 0.15) is 42.5 Å². The normalized spacial score (nSPS) is 16.5. The molecular formula is C11H15N. The summed E-state index contributed by atoms with van der Waals surface area (Å²) in [5.74, 6) is 0.788. The first kappa shape index (κ1) is 7.78. The Bertz CT molecular complexity index is 287. The summed E-state index contributed by atoms with van der Waals surface area (Å²) in [6.45, 7) is 4.35. The quantitative estimate of drug-likeness (QED) is 0.650. The number of nitrogens with zero attached hydrogens (tertiary/aromatic N) is 1. The van der Waals surface area contributed by atoms with Crippen LogP contribution in [0, 0.1) is 6.92 Å². The van der Waals surface area contributed by atoms with E-state index >= 15 is 0 Å². The molecule has 1 aliphatic carbocycles. The Kier molecular flexibility index (Phi) is 1.87. The number of hydrogen-bond acceptors (Lipinski definition) is 1. The predicted molar refractivity (Wildman–Crippen MR) is 50.3 cm³/mol. The zero-order chi connectivity index (χ0) is 8.55. The molecule has 0 radical (unpaired) electrons. The Morgan fingerprint density at radius 1 is 1.50 bits per heavy atom. The molecule has 0 saturated heterocycles. The molecule has 0 unspecified atom stereocenters. The van der Waals surface area contributed by atoms with E-state index in [0.29, 0.717) is 0 Å². The van der Waals surface area contributed by atoms with E-state index in [0.717, 1.165) is 12.3 Å². The summed E-state index contributed by atoms with van der Waals surface area (Å²) in [7, 11) is 0. The lowest BCUT2D eigenvalue weighted by molar-refractivity contribution is 0.979. The second-order valence-electron chi connectivity index (χ2n) is 3.66. The number of aryl methyl sites for hydroxylation is 2. The molecule has 1 aliphatic rings. The van der Waals surface area contributed by atoms with Crippen molar-refractivity contribution in [1.29, 1.82) is 0 Å². The van der Waals surface area contributed by atoms with Crippen LogP contribution in [0.25, 0.3) is 0 Å². The van der Waals surface area contributed by atoms with E-state index < -0.39 is 0 Å². The second kappa shape index (κ2) is 2.89. The molecule has 1 fully saturated rings. The molecule has 0 bridgehead atoms. The zero-order valence-electron chi connectivity index (χ0n) is 7.80. The monoisotopic (exact) mass is 161 g/mol. The Labute approximate surface area is 73.8 Å². The molecule has 1 aromatic heterocycles. The molecular weight excluding hydrogens is 146 g/mol. The van der Waals surface area contributed by atoms with Crippen LogP contribution in [0.15, 0.2) is 12.3 Å². The van der Waals surface area contributed by atoms with Crippen molar-refractivity contribution in [1.82, 2.24) is 4.98 Å². The summed E-state index contributed by atoms with van der Waals surface area (Å²) in [4.78, 5) is 4.45. The number of pyridine rings is 1. The van der Waals surface area contributed by atoms with E-state index in [1.165, 1.54) is 29.7 Å². The molecule has 1 saturated carbocycles. The lowest BCUT2D eigenvalue weighted by Crippen LogP contribution is -1.93. The van der Waals surface area contributed by atoms with Crippen LogP contribution in [0.3, 0.4) is 0 Å². The van der Waals surface area contributed by atoms with E-state index in [2.05, 4.69) is 24.9 Å². The molecule has 1 nitrogen and oxygen atoms in total. The molecule has 12 heavy (non-hydrogen) atoms. The van der Waals surface area contributed by atoms with Gasteiger partial charge in [-0.1, -0.05) is 6.92 Å². The molecule has 0 amide bonds. The fraction of sp³-hybridized carbons (Fsp3) is 0.545. The van der Waals surface area contributed by atoms with E-state index in [1.807, 2.05) is 6.20 Å². The van der Waals surface area contributed by atoms with Crippen LogP contribution in [0.4, 0.5) is 0 Å². The third-order valence-electron chi connectivity index (χ3n) is 2.61. The average molecular weight is 161 g/mol. The lowest BCUT2D eigenvalue weighted by Gasteiger charge is -2.04. The van der Waals surface area contributed by atoms with Crippen molar-refractivity contribution in [2.24, 2.45) is 0 Å². The predicted octanol–water partition coefficient (Wildman–Crippen LogP) is 2.83. The molecule has 64 valence electrons. The summed E-state index contributed by atoms with van der Waals surface area (Å²) in [6.07, 6.45) is 5.85. The van der Waals surface area contributed by atoms with Gasteiger partial charge in [-0.05, 0) is 43.4 Å². The standard InChI is InChI=1S/C11H15N/c1-3-9-6-11(10-4-5-10)12-7-8(9)2/h6-7,10H,3-5H2,1-2H3. The average Bonchev–Trinajstić information content (AvgIpc) is 2.88. The molecule has 0 N–H and O–H groups in total. The van der Waals surface area contributed by atoms with Crippen molar-refractivity contribution in [3.05, 3.63) is 29.1 Å².